The number of hydrogen-bond acceptors (Lipinski definition) is 6. The maximum atomic E-state index is 5.78. The van der Waals surface area contributed by atoms with E-state index in [9.17, 15) is 0 Å². The van der Waals surface area contributed by atoms with Crippen molar-refractivity contribution in [3.05, 3.63) is 36.8 Å². The lowest BCUT2D eigenvalue weighted by Gasteiger charge is -2.15. The Balaban J connectivity index is 1.56. The summed E-state index contributed by atoms with van der Waals surface area (Å²) in [6, 6.07) is 3.89. The molecule has 7 heteroatoms. The highest BCUT2D eigenvalue weighted by molar-refractivity contribution is 5.80. The standard InChI is InChI=1S/C14H18N6O/c1-19(8-11-4-2-7-21-11)5-3-6-20-10-18-12-13(15)16-9-17-14(12)20/h2,4,7,9-10H,3,5-6,8H2,1H3,(H2,15,16,17). The van der Waals surface area contributed by atoms with Crippen molar-refractivity contribution in [2.24, 2.45) is 0 Å². The summed E-state index contributed by atoms with van der Waals surface area (Å²) in [5.74, 6) is 1.40. The molecule has 3 heterocycles. The van der Waals surface area contributed by atoms with Gasteiger partial charge in [-0.3, -0.25) is 4.90 Å². The quantitative estimate of drug-likeness (QED) is 0.739. The van der Waals surface area contributed by atoms with Crippen LogP contribution < -0.4 is 5.73 Å². The summed E-state index contributed by atoms with van der Waals surface area (Å²) in [5, 5.41) is 0. The van der Waals surface area contributed by atoms with Crippen LogP contribution in [0.1, 0.15) is 12.2 Å². The van der Waals surface area contributed by atoms with Gasteiger partial charge in [0.2, 0.25) is 0 Å². The van der Waals surface area contributed by atoms with Gasteiger partial charge in [-0.05, 0) is 25.6 Å². The molecule has 21 heavy (non-hydrogen) atoms. The van der Waals surface area contributed by atoms with Crippen LogP contribution in [0.5, 0.6) is 0 Å². The molecule has 110 valence electrons. The van der Waals surface area contributed by atoms with Gasteiger partial charge in [0.05, 0.1) is 19.1 Å². The van der Waals surface area contributed by atoms with Crippen LogP contribution in [0, 0.1) is 0 Å². The molecule has 0 amide bonds. The lowest BCUT2D eigenvalue weighted by atomic mass is 10.3. The van der Waals surface area contributed by atoms with E-state index in [1.807, 2.05) is 16.7 Å². The summed E-state index contributed by atoms with van der Waals surface area (Å²) in [5.41, 5.74) is 7.23. The normalized spacial score (nSPS) is 11.5. The highest BCUT2D eigenvalue weighted by Crippen LogP contribution is 2.14. The monoisotopic (exact) mass is 286 g/mol. The summed E-state index contributed by atoms with van der Waals surface area (Å²) in [7, 11) is 2.08. The molecule has 0 aliphatic rings. The van der Waals surface area contributed by atoms with E-state index in [-0.39, 0.29) is 0 Å². The smallest absolute Gasteiger partial charge is 0.165 e. The Morgan fingerprint density at radius 1 is 1.33 bits per heavy atom. The van der Waals surface area contributed by atoms with Crippen LogP contribution in [0.4, 0.5) is 5.82 Å². The molecule has 3 aromatic heterocycles. The van der Waals surface area contributed by atoms with E-state index in [0.717, 1.165) is 37.5 Å². The van der Waals surface area contributed by atoms with E-state index >= 15 is 0 Å². The second-order valence-electron chi connectivity index (χ2n) is 5.04. The van der Waals surface area contributed by atoms with E-state index in [1.54, 1.807) is 12.6 Å². The lowest BCUT2D eigenvalue weighted by Crippen LogP contribution is -2.20. The largest absolute Gasteiger partial charge is 0.468 e. The number of nitrogen functional groups attached to an aromatic ring is 1. The summed E-state index contributed by atoms with van der Waals surface area (Å²) >= 11 is 0. The Kier molecular flexibility index (Phi) is 3.83. The van der Waals surface area contributed by atoms with E-state index in [0.29, 0.717) is 11.3 Å². The van der Waals surface area contributed by atoms with Gasteiger partial charge in [0.15, 0.2) is 11.5 Å². The average Bonchev–Trinajstić information content (AvgIpc) is 3.10. The predicted molar refractivity (Wildman–Crippen MR) is 79.4 cm³/mol. The second kappa shape index (κ2) is 5.92. The van der Waals surface area contributed by atoms with Gasteiger partial charge in [0.1, 0.15) is 17.6 Å². The predicted octanol–water partition coefficient (Wildman–Crippen LogP) is 1.52. The molecule has 7 nitrogen and oxygen atoms in total. The number of imidazole rings is 1. The molecular weight excluding hydrogens is 268 g/mol. The molecule has 0 saturated carbocycles. The number of aryl methyl sites for hydroxylation is 1. The molecule has 0 saturated heterocycles. The molecule has 0 fully saturated rings. The number of anilines is 1. The first kappa shape index (κ1) is 13.6. The third-order valence-electron chi connectivity index (χ3n) is 3.37. The molecule has 0 bridgehead atoms. The van der Waals surface area contributed by atoms with Crippen molar-refractivity contribution in [1.82, 2.24) is 24.4 Å². The molecule has 0 radical (unpaired) electrons. The fourth-order valence-corrected chi connectivity index (χ4v) is 2.32. The lowest BCUT2D eigenvalue weighted by molar-refractivity contribution is 0.286. The van der Waals surface area contributed by atoms with Crippen LogP contribution in [-0.4, -0.2) is 38.0 Å². The second-order valence-corrected chi connectivity index (χ2v) is 5.04. The van der Waals surface area contributed by atoms with Crippen molar-refractivity contribution in [1.29, 1.82) is 0 Å². The van der Waals surface area contributed by atoms with Gasteiger partial charge < -0.3 is 14.7 Å². The number of hydrogen-bond donors (Lipinski definition) is 1. The van der Waals surface area contributed by atoms with Crippen LogP contribution in [0.3, 0.4) is 0 Å². The van der Waals surface area contributed by atoms with Crippen molar-refractivity contribution in [2.45, 2.75) is 19.5 Å². The Morgan fingerprint density at radius 3 is 3.05 bits per heavy atom. The number of fused-ring (bicyclic) bond motifs is 1. The van der Waals surface area contributed by atoms with Gasteiger partial charge in [-0.25, -0.2) is 15.0 Å². The summed E-state index contributed by atoms with van der Waals surface area (Å²) < 4.78 is 7.35. The van der Waals surface area contributed by atoms with Crippen LogP contribution in [-0.2, 0) is 13.1 Å². The van der Waals surface area contributed by atoms with Gasteiger partial charge in [0, 0.05) is 13.1 Å². The van der Waals surface area contributed by atoms with Crippen LogP contribution >= 0.6 is 0 Å². The molecule has 0 unspecified atom stereocenters. The molecule has 2 N–H and O–H groups in total. The van der Waals surface area contributed by atoms with Crippen LogP contribution in [0.15, 0.2) is 35.5 Å². The molecule has 0 spiro atoms. The first-order valence-electron chi connectivity index (χ1n) is 6.86. The Morgan fingerprint density at radius 2 is 2.24 bits per heavy atom. The Labute approximate surface area is 122 Å². The first-order chi connectivity index (χ1) is 10.2. The minimum absolute atomic E-state index is 0.425. The van der Waals surface area contributed by atoms with Crippen molar-refractivity contribution in [3.8, 4) is 0 Å². The Bertz CT molecular complexity index is 705. The minimum atomic E-state index is 0.425. The fraction of sp³-hybridized carbons (Fsp3) is 0.357. The molecular formula is C14H18N6O. The zero-order valence-corrected chi connectivity index (χ0v) is 11.9. The summed E-state index contributed by atoms with van der Waals surface area (Å²) in [6.45, 7) is 2.61. The fourth-order valence-electron chi connectivity index (χ4n) is 2.32. The van der Waals surface area contributed by atoms with Crippen LogP contribution in [0.2, 0.25) is 0 Å². The van der Waals surface area contributed by atoms with Gasteiger partial charge >= 0.3 is 0 Å². The van der Waals surface area contributed by atoms with E-state index in [2.05, 4.69) is 26.9 Å². The average molecular weight is 286 g/mol. The van der Waals surface area contributed by atoms with E-state index in [4.69, 9.17) is 10.2 Å². The topological polar surface area (TPSA) is 86.0 Å². The van der Waals surface area contributed by atoms with Gasteiger partial charge in [0.25, 0.3) is 0 Å². The minimum Gasteiger partial charge on any atom is -0.468 e. The number of rotatable bonds is 6. The highest BCUT2D eigenvalue weighted by Gasteiger charge is 2.08. The van der Waals surface area contributed by atoms with Crippen molar-refractivity contribution < 1.29 is 4.42 Å². The number of nitrogens with two attached hydrogens (primary N) is 1. The third-order valence-corrected chi connectivity index (χ3v) is 3.37. The van der Waals surface area contributed by atoms with Gasteiger partial charge in [-0.1, -0.05) is 0 Å². The highest BCUT2D eigenvalue weighted by atomic mass is 16.3. The van der Waals surface area contributed by atoms with Gasteiger partial charge in [-0.15, -0.1) is 0 Å². The van der Waals surface area contributed by atoms with Crippen molar-refractivity contribution in [3.63, 3.8) is 0 Å². The number of furan rings is 1. The van der Waals surface area contributed by atoms with E-state index in [1.165, 1.54) is 6.33 Å². The SMILES string of the molecule is CN(CCCn1cnc2c(N)ncnc21)Cc1ccco1. The summed E-state index contributed by atoms with van der Waals surface area (Å²) in [4.78, 5) is 14.7. The first-order valence-corrected chi connectivity index (χ1v) is 6.86. The molecule has 0 aromatic carbocycles. The zero-order valence-electron chi connectivity index (χ0n) is 11.9. The molecule has 0 aliphatic carbocycles. The molecule has 0 atom stereocenters. The van der Waals surface area contributed by atoms with Crippen LogP contribution in [0.25, 0.3) is 11.2 Å². The maximum Gasteiger partial charge on any atom is 0.165 e. The number of aromatic nitrogens is 4. The molecule has 3 rings (SSSR count). The number of nitrogens with zero attached hydrogens (tertiary/aromatic N) is 5. The molecule has 3 aromatic rings. The van der Waals surface area contributed by atoms with E-state index < -0.39 is 0 Å². The molecule has 0 aliphatic heterocycles. The Hall–Kier alpha value is -2.41. The third kappa shape index (κ3) is 3.03. The van der Waals surface area contributed by atoms with Crippen molar-refractivity contribution >= 4 is 17.0 Å². The zero-order chi connectivity index (χ0) is 14.7. The van der Waals surface area contributed by atoms with Gasteiger partial charge in [-0.2, -0.15) is 0 Å². The van der Waals surface area contributed by atoms with Crippen molar-refractivity contribution in [2.75, 3.05) is 19.3 Å². The summed E-state index contributed by atoms with van der Waals surface area (Å²) in [6.07, 6.45) is 5.93. The maximum absolute atomic E-state index is 5.78.